The standard InChI is InChI=1S/C5H12S2/c1-3-5(6)4-7-2/h5-6H,3-4H2,1-2H3. The lowest BCUT2D eigenvalue weighted by atomic mass is 10.4. The second-order valence-electron chi connectivity index (χ2n) is 1.52. The molecular formula is C5H12S2. The van der Waals surface area contributed by atoms with E-state index in [-0.39, 0.29) is 0 Å². The van der Waals surface area contributed by atoms with Crippen molar-refractivity contribution in [3.8, 4) is 0 Å². The van der Waals surface area contributed by atoms with Crippen molar-refractivity contribution in [3.63, 3.8) is 0 Å². The van der Waals surface area contributed by atoms with Gasteiger partial charge in [0.1, 0.15) is 0 Å². The summed E-state index contributed by atoms with van der Waals surface area (Å²) in [5.41, 5.74) is 0. The largest absolute Gasteiger partial charge is 0.175 e. The highest BCUT2D eigenvalue weighted by atomic mass is 32.2. The van der Waals surface area contributed by atoms with Crippen LogP contribution in [-0.2, 0) is 0 Å². The van der Waals surface area contributed by atoms with Crippen LogP contribution in [-0.4, -0.2) is 17.3 Å². The maximum atomic E-state index is 4.29. The molecule has 0 rings (SSSR count). The summed E-state index contributed by atoms with van der Waals surface area (Å²) in [4.78, 5) is 0. The molecule has 0 aliphatic heterocycles. The van der Waals surface area contributed by atoms with Gasteiger partial charge in [-0.15, -0.1) is 0 Å². The Labute approximate surface area is 55.5 Å². The number of hydrogen-bond donors (Lipinski definition) is 1. The summed E-state index contributed by atoms with van der Waals surface area (Å²) in [6, 6.07) is 0. The van der Waals surface area contributed by atoms with Gasteiger partial charge in [-0.2, -0.15) is 24.4 Å². The third-order valence-corrected chi connectivity index (χ3v) is 2.36. The molecule has 0 aromatic heterocycles. The molecule has 0 saturated carbocycles. The summed E-state index contributed by atoms with van der Waals surface area (Å²) < 4.78 is 0. The molecule has 0 radical (unpaired) electrons. The molecule has 1 unspecified atom stereocenters. The van der Waals surface area contributed by atoms with Gasteiger partial charge in [-0.1, -0.05) is 6.92 Å². The third kappa shape index (κ3) is 4.56. The van der Waals surface area contributed by atoms with E-state index < -0.39 is 0 Å². The molecule has 0 saturated heterocycles. The van der Waals surface area contributed by atoms with Crippen molar-refractivity contribution in [2.75, 3.05) is 12.0 Å². The number of rotatable bonds is 3. The normalized spacial score (nSPS) is 14.1. The summed E-state index contributed by atoms with van der Waals surface area (Å²) in [7, 11) is 0. The van der Waals surface area contributed by atoms with Crippen LogP contribution < -0.4 is 0 Å². The van der Waals surface area contributed by atoms with Crippen LogP contribution >= 0.6 is 24.4 Å². The molecule has 0 fully saturated rings. The molecule has 1 atom stereocenters. The molecule has 0 aromatic rings. The first-order chi connectivity index (χ1) is 3.31. The van der Waals surface area contributed by atoms with Gasteiger partial charge in [0, 0.05) is 11.0 Å². The van der Waals surface area contributed by atoms with Crippen LogP contribution in [0.5, 0.6) is 0 Å². The zero-order valence-corrected chi connectivity index (χ0v) is 6.56. The fourth-order valence-electron chi connectivity index (χ4n) is 0.310. The van der Waals surface area contributed by atoms with Gasteiger partial charge in [-0.05, 0) is 12.7 Å². The Bertz CT molecular complexity index is 37.1. The first-order valence-electron chi connectivity index (χ1n) is 2.48. The Morgan fingerprint density at radius 1 is 1.71 bits per heavy atom. The predicted octanol–water partition coefficient (Wildman–Crippen LogP) is 2.06. The monoisotopic (exact) mass is 136 g/mol. The van der Waals surface area contributed by atoms with Crippen molar-refractivity contribution in [1.29, 1.82) is 0 Å². The first kappa shape index (κ1) is 7.70. The van der Waals surface area contributed by atoms with Crippen LogP contribution in [0.1, 0.15) is 13.3 Å². The van der Waals surface area contributed by atoms with Crippen LogP contribution in [0.25, 0.3) is 0 Å². The number of thiol groups is 1. The highest BCUT2D eigenvalue weighted by molar-refractivity contribution is 7.99. The Hall–Kier alpha value is 0.700. The smallest absolute Gasteiger partial charge is 0.0105 e. The molecule has 0 amide bonds. The van der Waals surface area contributed by atoms with Crippen molar-refractivity contribution < 1.29 is 0 Å². The molecule has 0 aliphatic rings. The van der Waals surface area contributed by atoms with Gasteiger partial charge in [0.05, 0.1) is 0 Å². The van der Waals surface area contributed by atoms with Crippen molar-refractivity contribution in [3.05, 3.63) is 0 Å². The maximum absolute atomic E-state index is 4.29. The Morgan fingerprint density at radius 3 is 2.43 bits per heavy atom. The summed E-state index contributed by atoms with van der Waals surface area (Å²) >= 11 is 6.15. The lowest BCUT2D eigenvalue weighted by Gasteiger charge is -2.01. The van der Waals surface area contributed by atoms with E-state index in [0.29, 0.717) is 5.25 Å². The lowest BCUT2D eigenvalue weighted by Crippen LogP contribution is -1.97. The van der Waals surface area contributed by atoms with E-state index in [1.165, 1.54) is 12.2 Å². The number of thioether (sulfide) groups is 1. The summed E-state index contributed by atoms with van der Waals surface area (Å²) in [6.07, 6.45) is 3.29. The Balaban J connectivity index is 2.83. The van der Waals surface area contributed by atoms with E-state index >= 15 is 0 Å². The first-order valence-corrected chi connectivity index (χ1v) is 4.39. The van der Waals surface area contributed by atoms with Crippen molar-refractivity contribution in [2.45, 2.75) is 18.6 Å². The average molecular weight is 136 g/mol. The van der Waals surface area contributed by atoms with Crippen molar-refractivity contribution >= 4 is 24.4 Å². The second-order valence-corrected chi connectivity index (χ2v) is 3.16. The zero-order valence-electron chi connectivity index (χ0n) is 4.85. The molecule has 0 heterocycles. The molecule has 0 N–H and O–H groups in total. The van der Waals surface area contributed by atoms with Gasteiger partial charge in [0.15, 0.2) is 0 Å². The Kier molecular flexibility index (Phi) is 5.33. The van der Waals surface area contributed by atoms with Crippen LogP contribution in [0.4, 0.5) is 0 Å². The SMILES string of the molecule is CCC(S)CSC. The minimum atomic E-state index is 0.606. The van der Waals surface area contributed by atoms with E-state index in [1.807, 2.05) is 11.8 Å². The van der Waals surface area contributed by atoms with Crippen LogP contribution in [0, 0.1) is 0 Å². The average Bonchev–Trinajstić information content (AvgIpc) is 1.68. The van der Waals surface area contributed by atoms with Gasteiger partial charge < -0.3 is 0 Å². The fraction of sp³-hybridized carbons (Fsp3) is 1.00. The quantitative estimate of drug-likeness (QED) is 0.579. The predicted molar refractivity (Wildman–Crippen MR) is 41.4 cm³/mol. The minimum Gasteiger partial charge on any atom is -0.175 e. The third-order valence-electron chi connectivity index (χ3n) is 0.830. The van der Waals surface area contributed by atoms with E-state index in [0.717, 1.165) is 0 Å². The molecular weight excluding hydrogens is 124 g/mol. The highest BCUT2D eigenvalue weighted by Gasteiger charge is 1.94. The van der Waals surface area contributed by atoms with Gasteiger partial charge >= 0.3 is 0 Å². The lowest BCUT2D eigenvalue weighted by molar-refractivity contribution is 0.924. The van der Waals surface area contributed by atoms with Gasteiger partial charge in [-0.25, -0.2) is 0 Å². The van der Waals surface area contributed by atoms with Crippen molar-refractivity contribution in [1.82, 2.24) is 0 Å². The van der Waals surface area contributed by atoms with Crippen molar-refractivity contribution in [2.24, 2.45) is 0 Å². The summed E-state index contributed by atoms with van der Waals surface area (Å²) in [6.45, 7) is 2.16. The van der Waals surface area contributed by atoms with Crippen LogP contribution in [0.2, 0.25) is 0 Å². The van der Waals surface area contributed by atoms with Crippen LogP contribution in [0.3, 0.4) is 0 Å². The Morgan fingerprint density at radius 2 is 2.29 bits per heavy atom. The maximum Gasteiger partial charge on any atom is 0.0105 e. The molecule has 0 nitrogen and oxygen atoms in total. The molecule has 44 valence electrons. The number of hydrogen-bond acceptors (Lipinski definition) is 2. The highest BCUT2D eigenvalue weighted by Crippen LogP contribution is 2.06. The molecule has 0 aliphatic carbocycles. The van der Waals surface area contributed by atoms with E-state index in [9.17, 15) is 0 Å². The van der Waals surface area contributed by atoms with Gasteiger partial charge in [0.2, 0.25) is 0 Å². The second kappa shape index (κ2) is 4.85. The molecule has 2 heteroatoms. The summed E-state index contributed by atoms with van der Waals surface area (Å²) in [5, 5.41) is 0.606. The minimum absolute atomic E-state index is 0.606. The van der Waals surface area contributed by atoms with Gasteiger partial charge in [-0.3, -0.25) is 0 Å². The fourth-order valence-corrected chi connectivity index (χ4v) is 1.38. The molecule has 7 heavy (non-hydrogen) atoms. The van der Waals surface area contributed by atoms with E-state index in [1.54, 1.807) is 0 Å². The zero-order chi connectivity index (χ0) is 5.70. The topological polar surface area (TPSA) is 0 Å². The molecule has 0 aromatic carbocycles. The van der Waals surface area contributed by atoms with Crippen LogP contribution in [0.15, 0.2) is 0 Å². The molecule has 0 bridgehead atoms. The summed E-state index contributed by atoms with van der Waals surface area (Å²) in [5.74, 6) is 1.18. The molecule has 0 spiro atoms. The van der Waals surface area contributed by atoms with E-state index in [2.05, 4.69) is 25.8 Å². The van der Waals surface area contributed by atoms with Gasteiger partial charge in [0.25, 0.3) is 0 Å². The van der Waals surface area contributed by atoms with E-state index in [4.69, 9.17) is 0 Å².